The van der Waals surface area contributed by atoms with Crippen molar-refractivity contribution in [3.63, 3.8) is 0 Å². The lowest BCUT2D eigenvalue weighted by molar-refractivity contribution is -0.870. The quantitative estimate of drug-likeness (QED) is 0.0358. The third-order valence-corrected chi connectivity index (χ3v) is 13.6. The molecule has 8 nitrogen and oxygen atoms in total. The molecular formula is C52H107N2O6P. The number of rotatable bonds is 50. The first kappa shape index (κ1) is 60.5. The summed E-state index contributed by atoms with van der Waals surface area (Å²) in [7, 11) is 1.32. The maximum atomic E-state index is 12.9. The van der Waals surface area contributed by atoms with Crippen LogP contribution in [0.15, 0.2) is 0 Å². The molecule has 0 saturated heterocycles. The molecule has 0 spiro atoms. The highest BCUT2D eigenvalue weighted by molar-refractivity contribution is 7.45. The van der Waals surface area contributed by atoms with Gasteiger partial charge in [0.1, 0.15) is 13.2 Å². The molecule has 0 bridgehead atoms. The number of likely N-dealkylation sites (N-methyl/N-ethyl adjacent to an activating group) is 1. The van der Waals surface area contributed by atoms with Gasteiger partial charge in [0.15, 0.2) is 0 Å². The van der Waals surface area contributed by atoms with Gasteiger partial charge in [0, 0.05) is 6.42 Å². The number of unbranched alkanes of at least 4 members (excludes halogenated alkanes) is 37. The first-order valence-corrected chi connectivity index (χ1v) is 28.3. The zero-order valence-corrected chi connectivity index (χ0v) is 42.5. The van der Waals surface area contributed by atoms with Gasteiger partial charge in [-0.1, -0.05) is 258 Å². The monoisotopic (exact) mass is 887 g/mol. The van der Waals surface area contributed by atoms with Crippen LogP contribution in [0.1, 0.15) is 277 Å². The van der Waals surface area contributed by atoms with Crippen LogP contribution in [0.4, 0.5) is 0 Å². The number of nitrogens with one attached hydrogen (secondary N) is 1. The molecule has 9 heteroatoms. The molecule has 2 N–H and O–H groups in total. The molecule has 0 aromatic rings. The van der Waals surface area contributed by atoms with E-state index in [1.165, 1.54) is 212 Å². The van der Waals surface area contributed by atoms with Crippen LogP contribution in [-0.4, -0.2) is 68.5 Å². The lowest BCUT2D eigenvalue weighted by Crippen LogP contribution is -2.46. The molecule has 0 aliphatic heterocycles. The van der Waals surface area contributed by atoms with E-state index in [0.717, 1.165) is 38.5 Å². The van der Waals surface area contributed by atoms with Gasteiger partial charge in [0.05, 0.1) is 39.9 Å². The molecular weight excluding hydrogens is 780 g/mol. The van der Waals surface area contributed by atoms with Crippen molar-refractivity contribution >= 4 is 13.7 Å². The van der Waals surface area contributed by atoms with Crippen LogP contribution in [0.3, 0.4) is 0 Å². The Kier molecular flexibility index (Phi) is 44.3. The second-order valence-electron chi connectivity index (χ2n) is 20.0. The predicted octanol–water partition coefficient (Wildman–Crippen LogP) is 15.1. The van der Waals surface area contributed by atoms with E-state index in [-0.39, 0.29) is 19.1 Å². The summed E-state index contributed by atoms with van der Waals surface area (Å²) in [6, 6.07) is -0.794. The van der Waals surface area contributed by atoms with Gasteiger partial charge in [-0.05, 0) is 12.8 Å². The highest BCUT2D eigenvalue weighted by Crippen LogP contribution is 2.38. The van der Waals surface area contributed by atoms with Crippen molar-refractivity contribution in [1.82, 2.24) is 5.32 Å². The number of carbonyl (C=O) groups is 1. The molecule has 0 rings (SSSR count). The third-order valence-electron chi connectivity index (χ3n) is 12.6. The SMILES string of the molecule is CCCCCCCCCCCCCCCCCCCCCCCCCC(=O)N[C@@H](COP(=O)([O-])OCC[N+](C)(C)C)[C@H](O)CCCCCCCCCCCCCCCCCC. The zero-order valence-electron chi connectivity index (χ0n) is 41.7. The second-order valence-corrected chi connectivity index (χ2v) is 21.4. The Balaban J connectivity index is 4.15. The Morgan fingerprint density at radius 1 is 0.508 bits per heavy atom. The number of carbonyl (C=O) groups excluding carboxylic acids is 1. The van der Waals surface area contributed by atoms with E-state index in [1.807, 2.05) is 21.1 Å². The average Bonchev–Trinajstić information content (AvgIpc) is 3.21. The molecule has 0 aliphatic carbocycles. The molecule has 366 valence electrons. The zero-order chi connectivity index (χ0) is 45.0. The maximum absolute atomic E-state index is 12.9. The van der Waals surface area contributed by atoms with E-state index in [9.17, 15) is 19.4 Å². The van der Waals surface area contributed by atoms with Gasteiger partial charge in [-0.15, -0.1) is 0 Å². The Labute approximate surface area is 380 Å². The molecule has 0 aromatic heterocycles. The first-order valence-electron chi connectivity index (χ1n) is 26.9. The number of amides is 1. The minimum Gasteiger partial charge on any atom is -0.756 e. The van der Waals surface area contributed by atoms with Crippen molar-refractivity contribution in [2.24, 2.45) is 0 Å². The van der Waals surface area contributed by atoms with Crippen LogP contribution in [0, 0.1) is 0 Å². The fourth-order valence-corrected chi connectivity index (χ4v) is 9.06. The van der Waals surface area contributed by atoms with Gasteiger partial charge in [-0.2, -0.15) is 0 Å². The highest BCUT2D eigenvalue weighted by atomic mass is 31.2. The van der Waals surface area contributed by atoms with E-state index in [2.05, 4.69) is 19.2 Å². The molecule has 0 fully saturated rings. The molecule has 1 unspecified atom stereocenters. The molecule has 3 atom stereocenters. The van der Waals surface area contributed by atoms with Gasteiger partial charge in [0.25, 0.3) is 7.82 Å². The topological polar surface area (TPSA) is 108 Å². The molecule has 61 heavy (non-hydrogen) atoms. The number of hydrogen-bond donors (Lipinski definition) is 2. The molecule has 0 heterocycles. The summed E-state index contributed by atoms with van der Waals surface area (Å²) in [5.41, 5.74) is 0. The van der Waals surface area contributed by atoms with Crippen LogP contribution in [0.25, 0.3) is 0 Å². The molecule has 0 aromatic carbocycles. The number of hydrogen-bond acceptors (Lipinski definition) is 6. The van der Waals surface area contributed by atoms with Gasteiger partial charge in [0.2, 0.25) is 5.91 Å². The van der Waals surface area contributed by atoms with Crippen molar-refractivity contribution in [3.8, 4) is 0 Å². The fourth-order valence-electron chi connectivity index (χ4n) is 8.34. The van der Waals surface area contributed by atoms with Gasteiger partial charge in [-0.25, -0.2) is 0 Å². The van der Waals surface area contributed by atoms with Crippen molar-refractivity contribution in [3.05, 3.63) is 0 Å². The lowest BCUT2D eigenvalue weighted by Gasteiger charge is -2.30. The number of phosphoric ester groups is 1. The third kappa shape index (κ3) is 47.3. The normalized spacial score (nSPS) is 14.0. The van der Waals surface area contributed by atoms with Crippen molar-refractivity contribution in [2.75, 3.05) is 40.9 Å². The Bertz CT molecular complexity index is 963. The number of quaternary nitrogens is 1. The maximum Gasteiger partial charge on any atom is 0.268 e. The van der Waals surface area contributed by atoms with Crippen molar-refractivity contribution in [2.45, 2.75) is 289 Å². The molecule has 0 saturated carbocycles. The summed E-state index contributed by atoms with van der Waals surface area (Å²) in [6.07, 6.45) is 51.2. The number of aliphatic hydroxyl groups is 1. The number of nitrogens with zero attached hydrogens (tertiary/aromatic N) is 1. The largest absolute Gasteiger partial charge is 0.756 e. The Morgan fingerprint density at radius 2 is 0.803 bits per heavy atom. The van der Waals surface area contributed by atoms with E-state index < -0.39 is 20.0 Å². The predicted molar refractivity (Wildman–Crippen MR) is 261 cm³/mol. The molecule has 0 radical (unpaired) electrons. The van der Waals surface area contributed by atoms with Crippen LogP contribution < -0.4 is 10.2 Å². The summed E-state index contributed by atoms with van der Waals surface area (Å²) < 4.78 is 23.4. The Morgan fingerprint density at radius 3 is 1.11 bits per heavy atom. The standard InChI is InChI=1S/C52H107N2O6P/c1-6-8-10-12-14-16-18-20-22-24-25-26-27-28-29-30-32-34-36-38-40-42-44-46-52(56)53-50(49-60-61(57,58)59-48-47-54(3,4)5)51(55)45-43-41-39-37-35-33-31-23-21-19-17-15-13-11-9-7-2/h50-51,55H,6-49H2,1-5H3,(H-,53,56,57,58)/t50-,51+/m0/s1. The number of aliphatic hydroxyl groups excluding tert-OH is 1. The fraction of sp³-hybridized carbons (Fsp3) is 0.981. The minimum atomic E-state index is -4.56. The van der Waals surface area contributed by atoms with Gasteiger partial charge >= 0.3 is 0 Å². The smallest absolute Gasteiger partial charge is 0.268 e. The summed E-state index contributed by atoms with van der Waals surface area (Å²) >= 11 is 0. The van der Waals surface area contributed by atoms with E-state index >= 15 is 0 Å². The van der Waals surface area contributed by atoms with E-state index in [0.29, 0.717) is 23.9 Å². The van der Waals surface area contributed by atoms with Crippen LogP contribution in [-0.2, 0) is 18.4 Å². The molecule has 1 amide bonds. The lowest BCUT2D eigenvalue weighted by atomic mass is 10.0. The Hall–Kier alpha value is -0.500. The first-order chi connectivity index (χ1) is 29.5. The summed E-state index contributed by atoms with van der Waals surface area (Å²) in [6.45, 7) is 4.77. The molecule has 0 aliphatic rings. The second kappa shape index (κ2) is 44.7. The van der Waals surface area contributed by atoms with Crippen LogP contribution in [0.2, 0.25) is 0 Å². The summed E-state index contributed by atoms with van der Waals surface area (Å²) in [5, 5.41) is 14.0. The summed E-state index contributed by atoms with van der Waals surface area (Å²) in [4.78, 5) is 25.5. The average molecular weight is 887 g/mol. The number of phosphoric acid groups is 1. The van der Waals surface area contributed by atoms with E-state index in [1.54, 1.807) is 0 Å². The van der Waals surface area contributed by atoms with Crippen LogP contribution >= 0.6 is 7.82 Å². The van der Waals surface area contributed by atoms with Gasteiger partial charge in [-0.3, -0.25) is 9.36 Å². The van der Waals surface area contributed by atoms with Gasteiger partial charge < -0.3 is 28.8 Å². The minimum absolute atomic E-state index is 0.0165. The van der Waals surface area contributed by atoms with Crippen molar-refractivity contribution < 1.29 is 32.9 Å². The summed E-state index contributed by atoms with van der Waals surface area (Å²) in [5.74, 6) is -0.158. The van der Waals surface area contributed by atoms with Crippen molar-refractivity contribution in [1.29, 1.82) is 0 Å². The van der Waals surface area contributed by atoms with E-state index in [4.69, 9.17) is 9.05 Å². The highest BCUT2D eigenvalue weighted by Gasteiger charge is 2.24. The van der Waals surface area contributed by atoms with Crippen LogP contribution in [0.5, 0.6) is 0 Å².